The van der Waals surface area contributed by atoms with E-state index in [1.165, 1.54) is 12.1 Å². The maximum Gasteiger partial charge on any atom is 0.123 e. The summed E-state index contributed by atoms with van der Waals surface area (Å²) in [7, 11) is 0. The van der Waals surface area contributed by atoms with Gasteiger partial charge in [-0.05, 0) is 42.5 Å². The van der Waals surface area contributed by atoms with E-state index >= 15 is 0 Å². The van der Waals surface area contributed by atoms with E-state index in [0.29, 0.717) is 6.42 Å². The molecule has 86 valence electrons. The van der Waals surface area contributed by atoms with Crippen molar-refractivity contribution in [3.05, 3.63) is 47.5 Å². The Balaban J connectivity index is 2.01. The SMILES string of the molecule is NC(Cc1cccc(F)c1)C1=COCCC1. The van der Waals surface area contributed by atoms with Crippen molar-refractivity contribution in [1.82, 2.24) is 0 Å². The topological polar surface area (TPSA) is 35.2 Å². The molecule has 1 unspecified atom stereocenters. The van der Waals surface area contributed by atoms with Crippen LogP contribution in [0.2, 0.25) is 0 Å². The summed E-state index contributed by atoms with van der Waals surface area (Å²) in [4.78, 5) is 0. The zero-order valence-corrected chi connectivity index (χ0v) is 9.16. The fourth-order valence-corrected chi connectivity index (χ4v) is 1.91. The Morgan fingerprint density at radius 1 is 1.44 bits per heavy atom. The quantitative estimate of drug-likeness (QED) is 0.850. The van der Waals surface area contributed by atoms with E-state index in [2.05, 4.69) is 0 Å². The second kappa shape index (κ2) is 5.12. The summed E-state index contributed by atoms with van der Waals surface area (Å²) in [5.74, 6) is -0.210. The molecule has 1 aliphatic heterocycles. The minimum Gasteiger partial charge on any atom is -0.501 e. The molecule has 2 N–H and O–H groups in total. The summed E-state index contributed by atoms with van der Waals surface area (Å²) in [6.45, 7) is 0.774. The van der Waals surface area contributed by atoms with Crippen molar-refractivity contribution in [1.29, 1.82) is 0 Å². The van der Waals surface area contributed by atoms with Crippen molar-refractivity contribution in [2.45, 2.75) is 25.3 Å². The Morgan fingerprint density at radius 2 is 2.31 bits per heavy atom. The molecule has 1 atom stereocenters. The predicted molar refractivity (Wildman–Crippen MR) is 61.3 cm³/mol. The number of halogens is 1. The lowest BCUT2D eigenvalue weighted by atomic mass is 9.96. The molecule has 0 spiro atoms. The molecule has 0 radical (unpaired) electrons. The lowest BCUT2D eigenvalue weighted by Crippen LogP contribution is -2.27. The average Bonchev–Trinajstić information content (AvgIpc) is 2.30. The summed E-state index contributed by atoms with van der Waals surface area (Å²) in [6.07, 6.45) is 4.42. The van der Waals surface area contributed by atoms with Crippen molar-refractivity contribution in [2.75, 3.05) is 6.61 Å². The van der Waals surface area contributed by atoms with Crippen molar-refractivity contribution in [2.24, 2.45) is 5.73 Å². The number of benzene rings is 1. The Hall–Kier alpha value is -1.35. The molecule has 0 saturated carbocycles. The van der Waals surface area contributed by atoms with E-state index in [9.17, 15) is 4.39 Å². The first-order valence-electron chi connectivity index (χ1n) is 5.56. The van der Waals surface area contributed by atoms with Gasteiger partial charge in [-0.25, -0.2) is 4.39 Å². The number of rotatable bonds is 3. The summed E-state index contributed by atoms with van der Waals surface area (Å²) < 4.78 is 18.2. The molecule has 3 heteroatoms. The molecule has 1 aromatic carbocycles. The van der Waals surface area contributed by atoms with Gasteiger partial charge in [-0.1, -0.05) is 12.1 Å². The van der Waals surface area contributed by atoms with Crippen LogP contribution >= 0.6 is 0 Å². The Morgan fingerprint density at radius 3 is 3.00 bits per heavy atom. The minimum absolute atomic E-state index is 0.0675. The molecule has 16 heavy (non-hydrogen) atoms. The number of hydrogen-bond donors (Lipinski definition) is 1. The Kier molecular flexibility index (Phi) is 3.57. The van der Waals surface area contributed by atoms with Crippen molar-refractivity contribution in [3.63, 3.8) is 0 Å². The fraction of sp³-hybridized carbons (Fsp3) is 0.385. The number of nitrogens with two attached hydrogens (primary N) is 1. The van der Waals surface area contributed by atoms with Crippen LogP contribution in [-0.4, -0.2) is 12.6 Å². The van der Waals surface area contributed by atoms with Gasteiger partial charge in [0.1, 0.15) is 5.82 Å². The summed E-state index contributed by atoms with van der Waals surface area (Å²) in [5, 5.41) is 0. The van der Waals surface area contributed by atoms with Gasteiger partial charge in [0.25, 0.3) is 0 Å². The smallest absolute Gasteiger partial charge is 0.123 e. The van der Waals surface area contributed by atoms with Crippen molar-refractivity contribution < 1.29 is 9.13 Å². The van der Waals surface area contributed by atoms with Gasteiger partial charge in [0.15, 0.2) is 0 Å². The molecular weight excluding hydrogens is 205 g/mol. The van der Waals surface area contributed by atoms with E-state index in [0.717, 1.165) is 30.6 Å². The lowest BCUT2D eigenvalue weighted by molar-refractivity contribution is 0.221. The van der Waals surface area contributed by atoms with Gasteiger partial charge in [0.2, 0.25) is 0 Å². The Bertz CT molecular complexity index is 389. The number of ether oxygens (including phenoxy) is 1. The van der Waals surface area contributed by atoms with Crippen LogP contribution in [0.5, 0.6) is 0 Å². The number of hydrogen-bond acceptors (Lipinski definition) is 2. The lowest BCUT2D eigenvalue weighted by Gasteiger charge is -2.19. The molecule has 0 fully saturated rings. The van der Waals surface area contributed by atoms with Crippen LogP contribution in [0.25, 0.3) is 0 Å². The second-order valence-electron chi connectivity index (χ2n) is 4.11. The van der Waals surface area contributed by atoms with E-state index in [1.807, 2.05) is 6.07 Å². The maximum atomic E-state index is 13.0. The Labute approximate surface area is 94.9 Å². The highest BCUT2D eigenvalue weighted by atomic mass is 19.1. The molecule has 2 rings (SSSR count). The first-order valence-corrected chi connectivity index (χ1v) is 5.56. The molecule has 0 bridgehead atoms. The van der Waals surface area contributed by atoms with E-state index < -0.39 is 0 Å². The van der Waals surface area contributed by atoms with Crippen molar-refractivity contribution >= 4 is 0 Å². The average molecular weight is 221 g/mol. The highest BCUT2D eigenvalue weighted by Gasteiger charge is 2.13. The fourth-order valence-electron chi connectivity index (χ4n) is 1.91. The highest BCUT2D eigenvalue weighted by molar-refractivity contribution is 5.21. The van der Waals surface area contributed by atoms with Gasteiger partial charge >= 0.3 is 0 Å². The zero-order valence-electron chi connectivity index (χ0n) is 9.16. The minimum atomic E-state index is -0.210. The maximum absolute atomic E-state index is 13.0. The van der Waals surface area contributed by atoms with Crippen LogP contribution in [0.1, 0.15) is 18.4 Å². The van der Waals surface area contributed by atoms with Crippen LogP contribution in [0.15, 0.2) is 36.1 Å². The monoisotopic (exact) mass is 221 g/mol. The van der Waals surface area contributed by atoms with E-state index in [1.54, 1.807) is 12.3 Å². The van der Waals surface area contributed by atoms with Gasteiger partial charge in [0.05, 0.1) is 12.9 Å². The summed E-state index contributed by atoms with van der Waals surface area (Å²) in [5.41, 5.74) is 8.11. The van der Waals surface area contributed by atoms with Crippen LogP contribution in [0.3, 0.4) is 0 Å². The molecule has 1 aromatic rings. The highest BCUT2D eigenvalue weighted by Crippen LogP contribution is 2.17. The molecule has 0 aliphatic carbocycles. The van der Waals surface area contributed by atoms with E-state index in [4.69, 9.17) is 10.5 Å². The van der Waals surface area contributed by atoms with Gasteiger partial charge < -0.3 is 10.5 Å². The van der Waals surface area contributed by atoms with Gasteiger partial charge in [-0.3, -0.25) is 0 Å². The molecule has 1 aliphatic rings. The van der Waals surface area contributed by atoms with Crippen LogP contribution in [0.4, 0.5) is 4.39 Å². The third-order valence-corrected chi connectivity index (χ3v) is 2.78. The van der Waals surface area contributed by atoms with E-state index in [-0.39, 0.29) is 11.9 Å². The zero-order chi connectivity index (χ0) is 11.4. The van der Waals surface area contributed by atoms with Gasteiger partial charge in [0, 0.05) is 6.04 Å². The summed E-state index contributed by atoms with van der Waals surface area (Å²) >= 11 is 0. The van der Waals surface area contributed by atoms with Crippen LogP contribution in [-0.2, 0) is 11.2 Å². The molecule has 2 nitrogen and oxygen atoms in total. The normalized spacial score (nSPS) is 17.5. The van der Waals surface area contributed by atoms with Gasteiger partial charge in [-0.15, -0.1) is 0 Å². The van der Waals surface area contributed by atoms with Crippen LogP contribution < -0.4 is 5.73 Å². The third-order valence-electron chi connectivity index (χ3n) is 2.78. The molecule has 0 aromatic heterocycles. The predicted octanol–water partition coefficient (Wildman–Crippen LogP) is 2.39. The molecule has 1 heterocycles. The second-order valence-corrected chi connectivity index (χ2v) is 4.11. The molecular formula is C13H16FNO. The molecule has 0 saturated heterocycles. The first kappa shape index (κ1) is 11.1. The third kappa shape index (κ3) is 2.83. The first-order chi connectivity index (χ1) is 7.75. The van der Waals surface area contributed by atoms with Crippen molar-refractivity contribution in [3.8, 4) is 0 Å². The summed E-state index contributed by atoms with van der Waals surface area (Å²) in [6, 6.07) is 6.51. The van der Waals surface area contributed by atoms with Gasteiger partial charge in [-0.2, -0.15) is 0 Å². The largest absolute Gasteiger partial charge is 0.501 e. The van der Waals surface area contributed by atoms with Crippen LogP contribution in [0, 0.1) is 5.82 Å². The molecule has 0 amide bonds. The standard InChI is InChI=1S/C13H16FNO/c14-12-5-1-3-10(7-12)8-13(15)11-4-2-6-16-9-11/h1,3,5,7,9,13H,2,4,6,8,15H2.